The third-order valence-electron chi connectivity index (χ3n) is 2.71. The average molecular weight is 265 g/mol. The van der Waals surface area contributed by atoms with Crippen molar-refractivity contribution in [2.24, 2.45) is 0 Å². The molecular weight excluding hydrogens is 255 g/mol. The number of nitriles is 1. The number of nitrogens with zero attached hydrogens (tertiary/aromatic N) is 2. The normalized spacial score (nSPS) is 18.9. The summed E-state index contributed by atoms with van der Waals surface area (Å²) in [6.07, 6.45) is -6.60. The van der Waals surface area contributed by atoms with E-state index in [4.69, 9.17) is 10.4 Å². The predicted molar refractivity (Wildman–Crippen MR) is 51.4 cm³/mol. The number of likely N-dealkylation sites (tertiary alicyclic amines) is 1. The minimum Gasteiger partial charge on any atom is -0.465 e. The van der Waals surface area contributed by atoms with E-state index in [-0.39, 0.29) is 25.9 Å². The Bertz CT molecular complexity index is 394. The van der Waals surface area contributed by atoms with Gasteiger partial charge in [0.2, 0.25) is 0 Å². The van der Waals surface area contributed by atoms with E-state index < -0.39 is 23.7 Å². The zero-order valence-electron chi connectivity index (χ0n) is 9.12. The van der Waals surface area contributed by atoms with Crippen LogP contribution in [-0.2, 0) is 4.79 Å². The van der Waals surface area contributed by atoms with E-state index in [0.29, 0.717) is 0 Å². The maximum Gasteiger partial charge on any atom is 0.471 e. The number of rotatable bonds is 1. The predicted octanol–water partition coefficient (Wildman–Crippen LogP) is 0.701. The molecule has 100 valence electrons. The fourth-order valence-electron chi connectivity index (χ4n) is 1.63. The Hall–Kier alpha value is -1.98. The van der Waals surface area contributed by atoms with Crippen molar-refractivity contribution >= 4 is 12.0 Å². The van der Waals surface area contributed by atoms with Crippen LogP contribution >= 0.6 is 0 Å². The lowest BCUT2D eigenvalue weighted by atomic mass is 9.89. The van der Waals surface area contributed by atoms with Crippen LogP contribution in [0.2, 0.25) is 0 Å². The van der Waals surface area contributed by atoms with Gasteiger partial charge in [0.25, 0.3) is 0 Å². The molecule has 0 bridgehead atoms. The molecule has 9 heteroatoms. The first-order chi connectivity index (χ1) is 8.20. The number of halogens is 3. The Kier molecular flexibility index (Phi) is 3.69. The summed E-state index contributed by atoms with van der Waals surface area (Å²) in [5.74, 6) is -2.19. The van der Waals surface area contributed by atoms with Crippen molar-refractivity contribution < 1.29 is 27.9 Å². The lowest BCUT2D eigenvalue weighted by Gasteiger charge is -2.36. The van der Waals surface area contributed by atoms with Gasteiger partial charge in [-0.1, -0.05) is 0 Å². The monoisotopic (exact) mass is 265 g/mol. The van der Waals surface area contributed by atoms with Gasteiger partial charge in [0.1, 0.15) is 5.54 Å². The van der Waals surface area contributed by atoms with Crippen LogP contribution in [0.25, 0.3) is 0 Å². The number of alkyl halides is 3. The smallest absolute Gasteiger partial charge is 0.465 e. The van der Waals surface area contributed by atoms with Gasteiger partial charge in [0.05, 0.1) is 6.07 Å². The van der Waals surface area contributed by atoms with E-state index in [1.165, 1.54) is 0 Å². The van der Waals surface area contributed by atoms with Crippen LogP contribution in [0.4, 0.5) is 18.0 Å². The first-order valence-corrected chi connectivity index (χ1v) is 4.99. The number of hydrogen-bond donors (Lipinski definition) is 2. The van der Waals surface area contributed by atoms with Crippen LogP contribution in [0, 0.1) is 11.3 Å². The quantitative estimate of drug-likeness (QED) is 0.729. The Morgan fingerprint density at radius 3 is 2.17 bits per heavy atom. The number of carboxylic acid groups (broad SMARTS) is 1. The van der Waals surface area contributed by atoms with E-state index in [1.54, 1.807) is 11.4 Å². The van der Waals surface area contributed by atoms with E-state index in [2.05, 4.69) is 0 Å². The maximum absolute atomic E-state index is 12.1. The van der Waals surface area contributed by atoms with Crippen LogP contribution < -0.4 is 5.32 Å². The molecule has 0 aromatic carbocycles. The molecule has 1 heterocycles. The minimum absolute atomic E-state index is 0.0962. The highest BCUT2D eigenvalue weighted by Crippen LogP contribution is 2.24. The highest BCUT2D eigenvalue weighted by atomic mass is 19.4. The van der Waals surface area contributed by atoms with Crippen LogP contribution in [0.3, 0.4) is 0 Å². The third-order valence-corrected chi connectivity index (χ3v) is 2.71. The van der Waals surface area contributed by atoms with Gasteiger partial charge < -0.3 is 15.3 Å². The fourth-order valence-corrected chi connectivity index (χ4v) is 1.63. The molecule has 1 fully saturated rings. The standard InChI is InChI=1S/C9H10F3N3O3/c10-9(11,12)6(16)14-8(5-13)1-3-15(4-2-8)7(17)18/h1-4H2,(H,14,16)(H,17,18). The lowest BCUT2D eigenvalue weighted by Crippen LogP contribution is -2.57. The first-order valence-electron chi connectivity index (χ1n) is 4.99. The molecule has 0 unspecified atom stereocenters. The molecular formula is C9H10F3N3O3. The van der Waals surface area contributed by atoms with Crippen LogP contribution in [0.1, 0.15) is 12.8 Å². The zero-order chi connectivity index (χ0) is 14.0. The highest BCUT2D eigenvalue weighted by molar-refractivity contribution is 5.82. The summed E-state index contributed by atoms with van der Waals surface area (Å²) in [5.41, 5.74) is -1.65. The largest absolute Gasteiger partial charge is 0.471 e. The summed E-state index contributed by atoms with van der Waals surface area (Å²) in [4.78, 5) is 22.4. The molecule has 0 aromatic rings. The molecule has 6 nitrogen and oxygen atoms in total. The Morgan fingerprint density at radius 1 is 1.33 bits per heavy atom. The molecule has 0 spiro atoms. The van der Waals surface area contributed by atoms with Gasteiger partial charge in [-0.3, -0.25) is 4.79 Å². The summed E-state index contributed by atoms with van der Waals surface area (Å²) in [6.45, 7) is -0.192. The number of carbonyl (C=O) groups is 2. The second-order valence-corrected chi connectivity index (χ2v) is 3.92. The Balaban J connectivity index is 2.71. The summed E-state index contributed by atoms with van der Waals surface area (Å²) in [7, 11) is 0. The maximum atomic E-state index is 12.1. The van der Waals surface area contributed by atoms with Gasteiger partial charge in [0.15, 0.2) is 0 Å². The van der Waals surface area contributed by atoms with Gasteiger partial charge in [-0.25, -0.2) is 4.79 Å². The van der Waals surface area contributed by atoms with Crippen molar-refractivity contribution in [1.29, 1.82) is 5.26 Å². The summed E-state index contributed by atoms with van der Waals surface area (Å²) >= 11 is 0. The van der Waals surface area contributed by atoms with Gasteiger partial charge >= 0.3 is 18.2 Å². The molecule has 0 aromatic heterocycles. The van der Waals surface area contributed by atoms with Gasteiger partial charge in [0, 0.05) is 25.9 Å². The van der Waals surface area contributed by atoms with Gasteiger partial charge in [-0.15, -0.1) is 0 Å². The van der Waals surface area contributed by atoms with Crippen LogP contribution in [0.5, 0.6) is 0 Å². The Labute approximate surface area is 100.0 Å². The number of nitrogens with one attached hydrogen (secondary N) is 1. The van der Waals surface area contributed by atoms with E-state index in [0.717, 1.165) is 4.90 Å². The molecule has 0 saturated carbocycles. The molecule has 18 heavy (non-hydrogen) atoms. The van der Waals surface area contributed by atoms with E-state index >= 15 is 0 Å². The summed E-state index contributed by atoms with van der Waals surface area (Å²) < 4.78 is 36.3. The molecule has 0 aliphatic carbocycles. The molecule has 2 N–H and O–H groups in total. The van der Waals surface area contributed by atoms with Crippen molar-refractivity contribution in [3.63, 3.8) is 0 Å². The van der Waals surface area contributed by atoms with Gasteiger partial charge in [-0.05, 0) is 0 Å². The molecule has 1 saturated heterocycles. The average Bonchev–Trinajstić information content (AvgIpc) is 2.28. The number of piperidine rings is 1. The van der Waals surface area contributed by atoms with Crippen molar-refractivity contribution in [3.05, 3.63) is 0 Å². The van der Waals surface area contributed by atoms with Gasteiger partial charge in [-0.2, -0.15) is 18.4 Å². The number of carbonyl (C=O) groups excluding carboxylic acids is 1. The SMILES string of the molecule is N#CC1(NC(=O)C(F)(F)F)CCN(C(=O)O)CC1. The molecule has 0 radical (unpaired) electrons. The zero-order valence-corrected chi connectivity index (χ0v) is 9.12. The molecule has 1 rings (SSSR count). The second kappa shape index (κ2) is 4.72. The fraction of sp³-hybridized carbons (Fsp3) is 0.667. The van der Waals surface area contributed by atoms with Crippen molar-refractivity contribution in [3.8, 4) is 6.07 Å². The van der Waals surface area contributed by atoms with Crippen molar-refractivity contribution in [2.75, 3.05) is 13.1 Å². The minimum atomic E-state index is -5.06. The van der Waals surface area contributed by atoms with Crippen LogP contribution in [-0.4, -0.2) is 46.8 Å². The highest BCUT2D eigenvalue weighted by Gasteiger charge is 2.45. The summed E-state index contributed by atoms with van der Waals surface area (Å²) in [6, 6.07) is 1.63. The lowest BCUT2D eigenvalue weighted by molar-refractivity contribution is -0.175. The molecule has 1 aliphatic rings. The first kappa shape index (κ1) is 14.1. The topological polar surface area (TPSA) is 93.4 Å². The third kappa shape index (κ3) is 3.03. The number of hydrogen-bond acceptors (Lipinski definition) is 3. The van der Waals surface area contributed by atoms with Crippen LogP contribution in [0.15, 0.2) is 0 Å². The van der Waals surface area contributed by atoms with E-state index in [1.807, 2.05) is 0 Å². The van der Waals surface area contributed by atoms with Crippen molar-refractivity contribution in [1.82, 2.24) is 10.2 Å². The Morgan fingerprint density at radius 2 is 1.83 bits per heavy atom. The van der Waals surface area contributed by atoms with Crippen molar-refractivity contribution in [2.45, 2.75) is 24.6 Å². The molecule has 0 atom stereocenters. The molecule has 2 amide bonds. The summed E-state index contributed by atoms with van der Waals surface area (Å²) in [5, 5.41) is 19.2. The molecule has 1 aliphatic heterocycles. The van der Waals surface area contributed by atoms with E-state index in [9.17, 15) is 22.8 Å². The number of amides is 2. The second-order valence-electron chi connectivity index (χ2n) is 3.92.